The highest BCUT2D eigenvalue weighted by atomic mass is 16.1. The first-order chi connectivity index (χ1) is 12.3. The molecule has 0 bridgehead atoms. The van der Waals surface area contributed by atoms with Crippen molar-refractivity contribution in [1.82, 2.24) is 30.7 Å². The molecule has 1 aliphatic heterocycles. The number of nitrogens with one attached hydrogen (secondary N) is 2. The van der Waals surface area contributed by atoms with Crippen LogP contribution >= 0.6 is 0 Å². The number of rotatable bonds is 3. The third-order valence-electron chi connectivity index (χ3n) is 4.41. The van der Waals surface area contributed by atoms with E-state index in [1.165, 1.54) is 0 Å². The van der Waals surface area contributed by atoms with Gasteiger partial charge in [0.15, 0.2) is 11.3 Å². The zero-order valence-electron chi connectivity index (χ0n) is 13.4. The number of nitriles is 1. The van der Waals surface area contributed by atoms with Crippen LogP contribution in [-0.2, 0) is 4.79 Å². The third kappa shape index (κ3) is 2.82. The number of piperidine rings is 1. The van der Waals surface area contributed by atoms with E-state index >= 15 is 0 Å². The van der Waals surface area contributed by atoms with Crippen molar-refractivity contribution < 1.29 is 4.79 Å². The van der Waals surface area contributed by atoms with E-state index in [0.29, 0.717) is 17.8 Å². The van der Waals surface area contributed by atoms with E-state index in [0.717, 1.165) is 35.8 Å². The van der Waals surface area contributed by atoms with Gasteiger partial charge in [-0.2, -0.15) is 10.4 Å². The van der Waals surface area contributed by atoms with Crippen LogP contribution in [0, 0.1) is 11.3 Å². The normalized spacial score (nSPS) is 17.6. The highest BCUT2D eigenvalue weighted by Crippen LogP contribution is 2.30. The fraction of sp³-hybridized carbons (Fsp3) is 0.375. The molecular formula is C16H16N8O. The van der Waals surface area contributed by atoms with Gasteiger partial charge in [-0.25, -0.2) is 4.98 Å². The molecule has 0 saturated carbocycles. The van der Waals surface area contributed by atoms with Crippen LogP contribution < -0.4 is 10.2 Å². The maximum Gasteiger partial charge on any atom is 0.234 e. The summed E-state index contributed by atoms with van der Waals surface area (Å²) in [5.74, 6) is -0.229. The van der Waals surface area contributed by atoms with Crippen LogP contribution in [0.2, 0.25) is 0 Å². The molecule has 1 fully saturated rings. The van der Waals surface area contributed by atoms with Crippen molar-refractivity contribution in [1.29, 1.82) is 5.26 Å². The number of fused-ring (bicyclic) bond motifs is 3. The number of H-pyrrole nitrogens is 1. The summed E-state index contributed by atoms with van der Waals surface area (Å²) in [5.41, 5.74) is 2.15. The van der Waals surface area contributed by atoms with E-state index < -0.39 is 0 Å². The van der Waals surface area contributed by atoms with Crippen LogP contribution in [0.5, 0.6) is 0 Å². The van der Waals surface area contributed by atoms with Gasteiger partial charge in [0.1, 0.15) is 6.42 Å². The third-order valence-corrected chi connectivity index (χ3v) is 4.41. The molecule has 126 valence electrons. The standard InChI is InChI=1S/C16H16N8O/c17-5-3-13(25)20-10-2-1-7-24(9-10)12-8-19-21-16-14(12)11-4-6-18-15(11)22-23-16/h4,6,8,10H,1-3,7,9H2,(H,20,25)(H,21,23). The maximum absolute atomic E-state index is 11.7. The lowest BCUT2D eigenvalue weighted by molar-refractivity contribution is -0.120. The quantitative estimate of drug-likeness (QED) is 0.728. The molecule has 25 heavy (non-hydrogen) atoms. The minimum Gasteiger partial charge on any atom is -0.368 e. The molecule has 1 amide bonds. The van der Waals surface area contributed by atoms with Crippen molar-refractivity contribution >= 4 is 33.7 Å². The highest BCUT2D eigenvalue weighted by molar-refractivity contribution is 6.08. The summed E-state index contributed by atoms with van der Waals surface area (Å²) < 4.78 is 0. The summed E-state index contributed by atoms with van der Waals surface area (Å²) >= 11 is 0. The van der Waals surface area contributed by atoms with Crippen molar-refractivity contribution in [3.63, 3.8) is 0 Å². The summed E-state index contributed by atoms with van der Waals surface area (Å²) in [5, 5.41) is 28.7. The van der Waals surface area contributed by atoms with Crippen LogP contribution in [0.25, 0.3) is 22.1 Å². The topological polar surface area (TPSA) is 123 Å². The number of carbonyl (C=O) groups excluding carboxylic acids is 1. The minimum absolute atomic E-state index is 0.0110. The van der Waals surface area contributed by atoms with Crippen LogP contribution in [0.4, 0.5) is 5.69 Å². The first-order valence-electron chi connectivity index (χ1n) is 8.12. The van der Waals surface area contributed by atoms with E-state index in [9.17, 15) is 4.79 Å². The number of amides is 1. The molecule has 2 N–H and O–H groups in total. The Kier molecular flexibility index (Phi) is 3.85. The number of carbonyl (C=O) groups is 1. The summed E-state index contributed by atoms with van der Waals surface area (Å²) in [6.45, 7) is 1.53. The Labute approximate surface area is 143 Å². The molecule has 4 rings (SSSR count). The van der Waals surface area contributed by atoms with Gasteiger partial charge in [0.2, 0.25) is 5.91 Å². The zero-order valence-corrected chi connectivity index (χ0v) is 13.4. The van der Waals surface area contributed by atoms with Gasteiger partial charge < -0.3 is 10.2 Å². The highest BCUT2D eigenvalue weighted by Gasteiger charge is 2.24. The Morgan fingerprint density at radius 3 is 3.28 bits per heavy atom. The first-order valence-corrected chi connectivity index (χ1v) is 8.12. The second kappa shape index (κ2) is 6.32. The van der Waals surface area contributed by atoms with Crippen molar-refractivity contribution in [2.24, 2.45) is 0 Å². The Bertz CT molecular complexity index is 975. The average Bonchev–Trinajstić information content (AvgIpc) is 3.10. The van der Waals surface area contributed by atoms with E-state index in [2.05, 4.69) is 35.6 Å². The zero-order chi connectivity index (χ0) is 17.2. The number of aromatic nitrogens is 5. The monoisotopic (exact) mass is 336 g/mol. The first kappa shape index (κ1) is 15.3. The van der Waals surface area contributed by atoms with Crippen LogP contribution in [0.15, 0.2) is 18.5 Å². The lowest BCUT2D eigenvalue weighted by Crippen LogP contribution is -2.47. The van der Waals surface area contributed by atoms with Gasteiger partial charge >= 0.3 is 0 Å². The molecule has 0 aliphatic carbocycles. The van der Waals surface area contributed by atoms with E-state index in [4.69, 9.17) is 5.26 Å². The van der Waals surface area contributed by atoms with Crippen molar-refractivity contribution in [3.8, 4) is 6.07 Å². The van der Waals surface area contributed by atoms with Crippen molar-refractivity contribution in [2.45, 2.75) is 25.3 Å². The molecule has 0 radical (unpaired) electrons. The van der Waals surface area contributed by atoms with Crippen LogP contribution in [0.3, 0.4) is 0 Å². The van der Waals surface area contributed by atoms with E-state index in [-0.39, 0.29) is 18.4 Å². The molecule has 9 heteroatoms. The van der Waals surface area contributed by atoms with Crippen molar-refractivity contribution in [2.75, 3.05) is 18.0 Å². The Morgan fingerprint density at radius 2 is 2.40 bits per heavy atom. The predicted octanol–water partition coefficient (Wildman–Crippen LogP) is 0.900. The van der Waals surface area contributed by atoms with E-state index in [1.54, 1.807) is 12.4 Å². The fourth-order valence-corrected chi connectivity index (χ4v) is 3.34. The summed E-state index contributed by atoms with van der Waals surface area (Å²) in [6.07, 6.45) is 5.21. The Morgan fingerprint density at radius 1 is 1.48 bits per heavy atom. The predicted molar refractivity (Wildman–Crippen MR) is 90.6 cm³/mol. The Hall–Kier alpha value is -3.28. The minimum atomic E-state index is -0.229. The largest absolute Gasteiger partial charge is 0.368 e. The number of anilines is 1. The molecule has 3 aromatic rings. The molecule has 1 unspecified atom stereocenters. The second-order valence-corrected chi connectivity index (χ2v) is 6.05. The van der Waals surface area contributed by atoms with Crippen molar-refractivity contribution in [3.05, 3.63) is 18.5 Å². The molecule has 4 heterocycles. The molecule has 0 aromatic carbocycles. The van der Waals surface area contributed by atoms with E-state index in [1.807, 2.05) is 12.1 Å². The lowest BCUT2D eigenvalue weighted by Gasteiger charge is -2.35. The average molecular weight is 336 g/mol. The molecule has 1 aliphatic rings. The second-order valence-electron chi connectivity index (χ2n) is 6.05. The smallest absolute Gasteiger partial charge is 0.234 e. The summed E-state index contributed by atoms with van der Waals surface area (Å²) in [4.78, 5) is 18.1. The number of hydrogen-bond donors (Lipinski definition) is 2. The fourth-order valence-electron chi connectivity index (χ4n) is 3.34. The van der Waals surface area contributed by atoms with Gasteiger partial charge in [-0.05, 0) is 18.9 Å². The lowest BCUT2D eigenvalue weighted by atomic mass is 10.0. The molecule has 1 atom stereocenters. The van der Waals surface area contributed by atoms with Gasteiger partial charge in [0, 0.05) is 30.7 Å². The Balaban J connectivity index is 1.68. The molecule has 3 aromatic heterocycles. The molecule has 1 saturated heterocycles. The molecule has 0 spiro atoms. The van der Waals surface area contributed by atoms with Crippen LogP contribution in [0.1, 0.15) is 19.3 Å². The maximum atomic E-state index is 11.7. The summed E-state index contributed by atoms with van der Waals surface area (Å²) in [7, 11) is 0. The molecule has 9 nitrogen and oxygen atoms in total. The van der Waals surface area contributed by atoms with Crippen LogP contribution in [-0.4, -0.2) is 50.4 Å². The van der Waals surface area contributed by atoms with Gasteiger partial charge in [-0.1, -0.05) is 0 Å². The number of nitrogens with zero attached hydrogens (tertiary/aromatic N) is 6. The van der Waals surface area contributed by atoms with Gasteiger partial charge in [0.25, 0.3) is 0 Å². The van der Waals surface area contributed by atoms with Gasteiger partial charge in [0.05, 0.1) is 23.3 Å². The van der Waals surface area contributed by atoms with Gasteiger partial charge in [-0.3, -0.25) is 9.89 Å². The number of hydrogen-bond acceptors (Lipinski definition) is 7. The summed E-state index contributed by atoms with van der Waals surface area (Å²) in [6, 6.07) is 3.81. The molecular weight excluding hydrogens is 320 g/mol. The SMILES string of the molecule is N#CCC(=O)NC1CCCN(c2cn[nH]c3nnc4nccc4c23)C1. The van der Waals surface area contributed by atoms with Gasteiger partial charge in [-0.15, -0.1) is 10.2 Å². The number of aromatic amines is 1.